The minimum Gasteiger partial charge on any atom is -0.357 e. The molecule has 0 aliphatic carbocycles. The Kier molecular flexibility index (Phi) is 10.6. The normalized spacial score (nSPS) is 16.6. The highest BCUT2D eigenvalue weighted by Gasteiger charge is 2.14. The molecule has 0 aromatic heterocycles. The highest BCUT2D eigenvalue weighted by atomic mass is 32.2. The minimum absolute atomic E-state index is 0.362. The molecule has 2 N–H and O–H groups in total. The van der Waals surface area contributed by atoms with E-state index in [-0.39, 0.29) is 0 Å². The predicted molar refractivity (Wildman–Crippen MR) is 125 cm³/mol. The van der Waals surface area contributed by atoms with Gasteiger partial charge in [-0.1, -0.05) is 19.1 Å². The van der Waals surface area contributed by atoms with Gasteiger partial charge in [0, 0.05) is 52.1 Å². The van der Waals surface area contributed by atoms with Gasteiger partial charge in [-0.25, -0.2) is 8.42 Å². The number of nitrogens with one attached hydrogen (secondary N) is 2. The summed E-state index contributed by atoms with van der Waals surface area (Å²) < 4.78 is 23.1. The van der Waals surface area contributed by atoms with Crippen LogP contribution in [0.25, 0.3) is 0 Å². The van der Waals surface area contributed by atoms with Crippen molar-refractivity contribution < 1.29 is 8.42 Å². The van der Waals surface area contributed by atoms with Crippen molar-refractivity contribution in [2.45, 2.75) is 38.0 Å². The first-order chi connectivity index (χ1) is 14.4. The number of hydrogen-bond donors (Lipinski definition) is 2. The van der Waals surface area contributed by atoms with Gasteiger partial charge in [-0.15, -0.1) is 0 Å². The number of piperazine rings is 1. The smallest absolute Gasteiger partial charge is 0.191 e. The molecular weight excluding hydrogens is 398 g/mol. The summed E-state index contributed by atoms with van der Waals surface area (Å²) in [6.45, 7) is 13.8. The standard InChI is InChI=1S/C22H39N5O2S/c1-4-23-22(24-13-6-7-15-27-18-16-26(5-2)17-19-27)25-14-12-20-8-10-21(11-9-20)30(3,28)29/h8-11H,4-7,12-19H2,1-3H3,(H2,23,24,25). The summed E-state index contributed by atoms with van der Waals surface area (Å²) in [6.07, 6.45) is 4.33. The number of guanidine groups is 1. The average molecular weight is 438 g/mol. The Morgan fingerprint density at radius 1 is 1.00 bits per heavy atom. The molecule has 0 amide bonds. The van der Waals surface area contributed by atoms with Gasteiger partial charge in [-0.2, -0.15) is 0 Å². The minimum atomic E-state index is -3.14. The fraction of sp³-hybridized carbons (Fsp3) is 0.682. The Hall–Kier alpha value is -1.64. The predicted octanol–water partition coefficient (Wildman–Crippen LogP) is 1.61. The van der Waals surface area contributed by atoms with Gasteiger partial charge >= 0.3 is 0 Å². The first kappa shape index (κ1) is 24.6. The summed E-state index contributed by atoms with van der Waals surface area (Å²) >= 11 is 0. The van der Waals surface area contributed by atoms with Crippen molar-refractivity contribution in [3.05, 3.63) is 29.8 Å². The fourth-order valence-corrected chi connectivity index (χ4v) is 4.17. The van der Waals surface area contributed by atoms with E-state index < -0.39 is 9.84 Å². The van der Waals surface area contributed by atoms with Crippen molar-refractivity contribution in [1.29, 1.82) is 0 Å². The number of unbranched alkanes of at least 4 members (excludes halogenated alkanes) is 1. The van der Waals surface area contributed by atoms with Crippen LogP contribution in [0, 0.1) is 0 Å². The van der Waals surface area contributed by atoms with Gasteiger partial charge in [0.25, 0.3) is 0 Å². The summed E-state index contributed by atoms with van der Waals surface area (Å²) in [6, 6.07) is 7.10. The van der Waals surface area contributed by atoms with E-state index in [0.29, 0.717) is 4.90 Å². The molecule has 1 aliphatic heterocycles. The van der Waals surface area contributed by atoms with Crippen LogP contribution >= 0.6 is 0 Å². The zero-order chi connectivity index (χ0) is 21.8. The maximum absolute atomic E-state index is 11.5. The van der Waals surface area contributed by atoms with Gasteiger partial charge in [0.2, 0.25) is 0 Å². The number of sulfone groups is 1. The number of hydrogen-bond acceptors (Lipinski definition) is 5. The van der Waals surface area contributed by atoms with E-state index in [2.05, 4.69) is 39.3 Å². The average Bonchev–Trinajstić information content (AvgIpc) is 2.73. The lowest BCUT2D eigenvalue weighted by atomic mass is 10.1. The second-order valence-electron chi connectivity index (χ2n) is 7.84. The summed E-state index contributed by atoms with van der Waals surface area (Å²) in [5, 5.41) is 6.66. The molecule has 1 aromatic carbocycles. The Morgan fingerprint density at radius 2 is 1.67 bits per heavy atom. The summed E-state index contributed by atoms with van der Waals surface area (Å²) in [7, 11) is -3.14. The third-order valence-corrected chi connectivity index (χ3v) is 6.59. The van der Waals surface area contributed by atoms with Gasteiger partial charge in [-0.05, 0) is 57.0 Å². The third-order valence-electron chi connectivity index (χ3n) is 5.47. The van der Waals surface area contributed by atoms with Gasteiger partial charge in [0.15, 0.2) is 15.8 Å². The van der Waals surface area contributed by atoms with Crippen LogP contribution in [0.2, 0.25) is 0 Å². The number of rotatable bonds is 11. The first-order valence-corrected chi connectivity index (χ1v) is 13.1. The largest absolute Gasteiger partial charge is 0.357 e. The molecule has 0 radical (unpaired) electrons. The maximum atomic E-state index is 11.5. The van der Waals surface area contributed by atoms with Crippen molar-refractivity contribution in [1.82, 2.24) is 20.4 Å². The summed E-state index contributed by atoms with van der Waals surface area (Å²) in [5.41, 5.74) is 1.11. The van der Waals surface area contributed by atoms with E-state index in [4.69, 9.17) is 0 Å². The van der Waals surface area contributed by atoms with Gasteiger partial charge in [-0.3, -0.25) is 4.99 Å². The molecule has 0 atom stereocenters. The van der Waals surface area contributed by atoms with Crippen molar-refractivity contribution in [3.8, 4) is 0 Å². The zero-order valence-corrected chi connectivity index (χ0v) is 19.7. The van der Waals surface area contributed by atoms with Crippen LogP contribution in [0.3, 0.4) is 0 Å². The van der Waals surface area contributed by atoms with Crippen molar-refractivity contribution >= 4 is 15.8 Å². The third kappa shape index (κ3) is 9.02. The first-order valence-electron chi connectivity index (χ1n) is 11.2. The number of aliphatic imine (C=N–C) groups is 1. The van der Waals surface area contributed by atoms with Crippen LogP contribution in [0.5, 0.6) is 0 Å². The van der Waals surface area contributed by atoms with E-state index in [1.54, 1.807) is 12.1 Å². The SMILES string of the molecule is CCNC(=NCCCCN1CCN(CC)CC1)NCCc1ccc(S(C)(=O)=O)cc1. The lowest BCUT2D eigenvalue weighted by molar-refractivity contribution is 0.136. The molecule has 1 fully saturated rings. The number of likely N-dealkylation sites (N-methyl/N-ethyl adjacent to an activating group) is 1. The molecule has 0 bridgehead atoms. The van der Waals surface area contributed by atoms with Crippen LogP contribution in [0.4, 0.5) is 0 Å². The lowest BCUT2D eigenvalue weighted by Crippen LogP contribution is -2.46. The van der Waals surface area contributed by atoms with Crippen LogP contribution in [0.1, 0.15) is 32.3 Å². The van der Waals surface area contributed by atoms with E-state index in [0.717, 1.165) is 50.5 Å². The molecule has 0 saturated carbocycles. The molecule has 2 rings (SSSR count). The fourth-order valence-electron chi connectivity index (χ4n) is 3.54. The van der Waals surface area contributed by atoms with Crippen LogP contribution in [-0.4, -0.2) is 89.3 Å². The van der Waals surface area contributed by atoms with E-state index >= 15 is 0 Å². The second-order valence-corrected chi connectivity index (χ2v) is 9.85. The highest BCUT2D eigenvalue weighted by Crippen LogP contribution is 2.10. The van der Waals surface area contributed by atoms with E-state index in [9.17, 15) is 8.42 Å². The Bertz CT molecular complexity index is 741. The Labute approximate surface area is 182 Å². The molecule has 7 nitrogen and oxygen atoms in total. The lowest BCUT2D eigenvalue weighted by Gasteiger charge is -2.33. The highest BCUT2D eigenvalue weighted by molar-refractivity contribution is 7.90. The van der Waals surface area contributed by atoms with Gasteiger partial charge in [0.05, 0.1) is 4.90 Å². The van der Waals surface area contributed by atoms with Crippen molar-refractivity contribution in [3.63, 3.8) is 0 Å². The van der Waals surface area contributed by atoms with Crippen molar-refractivity contribution in [2.75, 3.05) is 65.2 Å². The molecule has 0 unspecified atom stereocenters. The van der Waals surface area contributed by atoms with Crippen molar-refractivity contribution in [2.24, 2.45) is 4.99 Å². The monoisotopic (exact) mass is 437 g/mol. The topological polar surface area (TPSA) is 77.0 Å². The molecule has 0 spiro atoms. The summed E-state index contributed by atoms with van der Waals surface area (Å²) in [4.78, 5) is 10.1. The quantitative estimate of drug-likeness (QED) is 0.311. The molecule has 1 aliphatic rings. The van der Waals surface area contributed by atoms with Gasteiger partial charge < -0.3 is 20.4 Å². The van der Waals surface area contributed by atoms with Crippen LogP contribution < -0.4 is 10.6 Å². The Balaban J connectivity index is 1.66. The summed E-state index contributed by atoms with van der Waals surface area (Å²) in [5.74, 6) is 0.849. The molecule has 8 heteroatoms. The molecule has 1 heterocycles. The van der Waals surface area contributed by atoms with E-state index in [1.807, 2.05) is 12.1 Å². The van der Waals surface area contributed by atoms with Gasteiger partial charge in [0.1, 0.15) is 0 Å². The molecule has 30 heavy (non-hydrogen) atoms. The molecule has 1 saturated heterocycles. The maximum Gasteiger partial charge on any atom is 0.191 e. The number of nitrogens with zero attached hydrogens (tertiary/aromatic N) is 3. The molecule has 1 aromatic rings. The van der Waals surface area contributed by atoms with Crippen LogP contribution in [0.15, 0.2) is 34.2 Å². The molecular formula is C22H39N5O2S. The van der Waals surface area contributed by atoms with Crippen LogP contribution in [-0.2, 0) is 16.3 Å². The second kappa shape index (κ2) is 12.9. The van der Waals surface area contributed by atoms with E-state index in [1.165, 1.54) is 45.4 Å². The molecule has 170 valence electrons. The number of benzene rings is 1. The Morgan fingerprint density at radius 3 is 2.27 bits per heavy atom. The zero-order valence-electron chi connectivity index (χ0n) is 18.9.